The van der Waals surface area contributed by atoms with Crippen molar-refractivity contribution >= 4 is 5.69 Å². The summed E-state index contributed by atoms with van der Waals surface area (Å²) in [5.74, 6) is 0.961. The number of rotatable bonds is 2. The molecule has 5 heteroatoms. The maximum Gasteiger partial charge on any atom is 0.161 e. The molecular weight excluding hydrogens is 370 g/mol. The van der Waals surface area contributed by atoms with Gasteiger partial charge in [-0.1, -0.05) is 12.1 Å². The zero-order valence-corrected chi connectivity index (χ0v) is 16.6. The molecule has 0 aliphatic carbocycles. The largest absolute Gasteiger partial charge is 0.372 e. The summed E-state index contributed by atoms with van der Waals surface area (Å²) >= 11 is 0. The van der Waals surface area contributed by atoms with Gasteiger partial charge in [0.25, 0.3) is 0 Å². The molecule has 4 heterocycles. The molecule has 0 atom stereocenters. The van der Waals surface area contributed by atoms with Crippen LogP contribution in [0.3, 0.4) is 0 Å². The van der Waals surface area contributed by atoms with E-state index in [9.17, 15) is 0 Å². The molecule has 0 saturated carbocycles. The molecule has 0 radical (unpaired) electrons. The van der Waals surface area contributed by atoms with Crippen LogP contribution in [0.4, 0.5) is 5.69 Å². The molecule has 2 aromatic heterocycles. The van der Waals surface area contributed by atoms with Crippen LogP contribution in [0.2, 0.25) is 0 Å². The first kappa shape index (κ1) is 17.1. The summed E-state index contributed by atoms with van der Waals surface area (Å²) in [5.41, 5.74) is 7.86. The highest BCUT2D eigenvalue weighted by molar-refractivity contribution is 5.72. The Morgan fingerprint density at radius 1 is 0.933 bits per heavy atom. The number of hydrogen-bond acceptors (Lipinski definition) is 3. The lowest BCUT2D eigenvalue weighted by atomic mass is 10.1. The van der Waals surface area contributed by atoms with Crippen LogP contribution in [-0.4, -0.2) is 27.2 Å². The smallest absolute Gasteiger partial charge is 0.161 e. The highest BCUT2D eigenvalue weighted by Gasteiger charge is 2.22. The molecule has 1 fully saturated rings. The van der Waals surface area contributed by atoms with Crippen LogP contribution in [0.5, 0.6) is 0 Å². The first-order valence-corrected chi connectivity index (χ1v) is 10.4. The average Bonchev–Trinajstić information content (AvgIpc) is 3.54. The van der Waals surface area contributed by atoms with Crippen molar-refractivity contribution in [1.82, 2.24) is 14.1 Å². The van der Waals surface area contributed by atoms with Gasteiger partial charge in [-0.05, 0) is 60.4 Å². The van der Waals surface area contributed by atoms with Gasteiger partial charge in [-0.2, -0.15) is 5.26 Å². The minimum absolute atomic E-state index is 0.679. The molecule has 30 heavy (non-hydrogen) atoms. The van der Waals surface area contributed by atoms with Crippen molar-refractivity contribution in [2.45, 2.75) is 19.4 Å². The molecule has 2 aliphatic rings. The van der Waals surface area contributed by atoms with E-state index in [-0.39, 0.29) is 0 Å². The van der Waals surface area contributed by atoms with Gasteiger partial charge in [0.1, 0.15) is 0 Å². The molecule has 0 amide bonds. The number of anilines is 1. The fourth-order valence-corrected chi connectivity index (χ4v) is 4.70. The van der Waals surface area contributed by atoms with E-state index in [1.807, 2.05) is 36.7 Å². The molecule has 0 spiro atoms. The number of imidazole rings is 1. The molecule has 146 valence electrons. The Morgan fingerprint density at radius 3 is 2.57 bits per heavy atom. The zero-order chi connectivity index (χ0) is 20.1. The standard InChI is InChI=1S/C25H21N5/c26-15-18-3-5-19(6-4-18)20-14-24-25-27-9-12-30(25)23-8-7-22(28-10-1-2-11-28)13-21(23)17-29(24)16-20/h3-9,12-14,16H,1-2,10-11,17H2. The summed E-state index contributed by atoms with van der Waals surface area (Å²) in [6.07, 6.45) is 8.68. The van der Waals surface area contributed by atoms with Gasteiger partial charge in [-0.25, -0.2) is 4.98 Å². The molecule has 0 bridgehead atoms. The van der Waals surface area contributed by atoms with Crippen LogP contribution in [0.15, 0.2) is 67.1 Å². The van der Waals surface area contributed by atoms with Crippen molar-refractivity contribution in [1.29, 1.82) is 5.26 Å². The minimum atomic E-state index is 0.679. The third kappa shape index (κ3) is 2.65. The van der Waals surface area contributed by atoms with Gasteiger partial charge in [0.2, 0.25) is 0 Å². The quantitative estimate of drug-likeness (QED) is 0.433. The van der Waals surface area contributed by atoms with Crippen LogP contribution in [-0.2, 0) is 6.54 Å². The Bertz CT molecular complexity index is 1280. The monoisotopic (exact) mass is 391 g/mol. The van der Waals surface area contributed by atoms with Crippen molar-refractivity contribution in [2.24, 2.45) is 0 Å². The van der Waals surface area contributed by atoms with Crippen LogP contribution < -0.4 is 4.90 Å². The van der Waals surface area contributed by atoms with Crippen LogP contribution in [0.1, 0.15) is 24.0 Å². The van der Waals surface area contributed by atoms with Crippen LogP contribution in [0.25, 0.3) is 28.3 Å². The highest BCUT2D eigenvalue weighted by Crippen LogP contribution is 2.35. The topological polar surface area (TPSA) is 49.8 Å². The Kier molecular flexibility index (Phi) is 3.78. The molecule has 5 nitrogen and oxygen atoms in total. The molecule has 2 aromatic carbocycles. The number of fused-ring (bicyclic) bond motifs is 5. The van der Waals surface area contributed by atoms with Crippen LogP contribution in [0, 0.1) is 11.3 Å². The molecule has 6 rings (SSSR count). The van der Waals surface area contributed by atoms with E-state index in [2.05, 4.69) is 55.5 Å². The van der Waals surface area contributed by atoms with E-state index in [1.165, 1.54) is 29.8 Å². The van der Waals surface area contributed by atoms with Crippen molar-refractivity contribution in [3.8, 4) is 34.4 Å². The van der Waals surface area contributed by atoms with Crippen molar-refractivity contribution in [3.63, 3.8) is 0 Å². The predicted octanol–water partition coefficient (Wildman–Crippen LogP) is 4.84. The third-order valence-electron chi connectivity index (χ3n) is 6.25. The number of nitrogens with zero attached hydrogens (tertiary/aromatic N) is 5. The Labute approximate surface area is 175 Å². The number of hydrogen-bond donors (Lipinski definition) is 0. The van der Waals surface area contributed by atoms with E-state index in [1.54, 1.807) is 0 Å². The predicted molar refractivity (Wildman–Crippen MR) is 118 cm³/mol. The van der Waals surface area contributed by atoms with E-state index >= 15 is 0 Å². The average molecular weight is 391 g/mol. The maximum atomic E-state index is 9.07. The number of benzene rings is 2. The first-order valence-electron chi connectivity index (χ1n) is 10.4. The van der Waals surface area contributed by atoms with Gasteiger partial charge in [-0.3, -0.25) is 4.57 Å². The molecular formula is C25H21N5. The Hall–Kier alpha value is -3.78. The van der Waals surface area contributed by atoms with Gasteiger partial charge >= 0.3 is 0 Å². The lowest BCUT2D eigenvalue weighted by molar-refractivity contribution is 0.817. The van der Waals surface area contributed by atoms with E-state index in [4.69, 9.17) is 5.26 Å². The number of aromatic nitrogens is 3. The van der Waals surface area contributed by atoms with Gasteiger partial charge in [-0.15, -0.1) is 0 Å². The second kappa shape index (κ2) is 6.64. The second-order valence-corrected chi connectivity index (χ2v) is 8.06. The van der Waals surface area contributed by atoms with E-state index < -0.39 is 0 Å². The van der Waals surface area contributed by atoms with Crippen molar-refractivity contribution in [2.75, 3.05) is 18.0 Å². The zero-order valence-electron chi connectivity index (χ0n) is 16.6. The molecule has 2 aliphatic heterocycles. The third-order valence-corrected chi connectivity index (χ3v) is 6.25. The van der Waals surface area contributed by atoms with Gasteiger partial charge in [0.15, 0.2) is 5.82 Å². The number of nitriles is 1. The first-order chi connectivity index (χ1) is 14.8. The van der Waals surface area contributed by atoms with E-state index in [0.29, 0.717) is 5.56 Å². The normalized spacial score (nSPS) is 14.6. The van der Waals surface area contributed by atoms with Crippen LogP contribution >= 0.6 is 0 Å². The molecule has 0 unspecified atom stereocenters. The second-order valence-electron chi connectivity index (χ2n) is 8.06. The van der Waals surface area contributed by atoms with Crippen molar-refractivity contribution in [3.05, 3.63) is 78.2 Å². The highest BCUT2D eigenvalue weighted by atomic mass is 15.2. The lowest BCUT2D eigenvalue weighted by Crippen LogP contribution is -2.18. The van der Waals surface area contributed by atoms with Gasteiger partial charge in [0.05, 0.1) is 23.0 Å². The van der Waals surface area contributed by atoms with Gasteiger partial charge < -0.3 is 9.47 Å². The summed E-state index contributed by atoms with van der Waals surface area (Å²) in [6.45, 7) is 3.10. The maximum absolute atomic E-state index is 9.07. The Morgan fingerprint density at radius 2 is 1.77 bits per heavy atom. The SMILES string of the molecule is N#Cc1ccc(-c2cc3n(c2)Cc2cc(N4CCCC4)ccc2-n2ccnc2-3)cc1. The summed E-state index contributed by atoms with van der Waals surface area (Å²) in [7, 11) is 0. The lowest BCUT2D eigenvalue weighted by Gasteiger charge is -2.20. The summed E-state index contributed by atoms with van der Waals surface area (Å²) in [4.78, 5) is 7.16. The molecule has 1 saturated heterocycles. The summed E-state index contributed by atoms with van der Waals surface area (Å²) < 4.78 is 4.50. The minimum Gasteiger partial charge on any atom is -0.372 e. The summed E-state index contributed by atoms with van der Waals surface area (Å²) in [6, 6.07) is 19.0. The fraction of sp³-hybridized carbons (Fsp3) is 0.200. The van der Waals surface area contributed by atoms with E-state index in [0.717, 1.165) is 42.3 Å². The van der Waals surface area contributed by atoms with Crippen molar-refractivity contribution < 1.29 is 0 Å². The Balaban J connectivity index is 1.46. The van der Waals surface area contributed by atoms with Gasteiger partial charge in [0, 0.05) is 49.5 Å². The molecule has 4 aromatic rings. The summed E-state index contributed by atoms with van der Waals surface area (Å²) in [5, 5.41) is 9.07. The fourth-order valence-electron chi connectivity index (χ4n) is 4.70. The molecule has 0 N–H and O–H groups in total.